The molecule has 0 spiro atoms. The van der Waals surface area contributed by atoms with Crippen molar-refractivity contribution in [3.8, 4) is 28.6 Å². The number of fused-ring (bicyclic) bond motifs is 1. The van der Waals surface area contributed by atoms with Crippen LogP contribution in [0.15, 0.2) is 24.4 Å². The van der Waals surface area contributed by atoms with E-state index >= 15 is 0 Å². The summed E-state index contributed by atoms with van der Waals surface area (Å²) in [6.07, 6.45) is 4.30. The molecule has 2 heterocycles. The molecule has 1 aliphatic carbocycles. The fourth-order valence-corrected chi connectivity index (χ4v) is 3.14. The van der Waals surface area contributed by atoms with E-state index in [4.69, 9.17) is 14.2 Å². The van der Waals surface area contributed by atoms with Crippen LogP contribution in [0.25, 0.3) is 22.0 Å². The first-order valence-electron chi connectivity index (χ1n) is 8.87. The smallest absolute Gasteiger partial charge is 0.221 e. The summed E-state index contributed by atoms with van der Waals surface area (Å²) in [6, 6.07) is 5.99. The minimum absolute atomic E-state index is 0.0245. The first-order chi connectivity index (χ1) is 12.6. The van der Waals surface area contributed by atoms with Gasteiger partial charge < -0.3 is 14.2 Å². The molecule has 3 aromatic rings. The standard InChI is InChI=1S/C20H23N3O3/c1-11(2)26-20-14-8-19(25-4)18(24-3)7-13(14)15(10-21-20)17-9-16(22-23-17)12-5-6-12/h7-12H,5-6H2,1-4H3,(H,22,23). The van der Waals surface area contributed by atoms with Crippen molar-refractivity contribution in [2.75, 3.05) is 14.2 Å². The molecule has 4 rings (SSSR count). The van der Waals surface area contributed by atoms with E-state index in [2.05, 4.69) is 21.2 Å². The summed E-state index contributed by atoms with van der Waals surface area (Å²) in [7, 11) is 3.26. The fraction of sp³-hybridized carbons (Fsp3) is 0.400. The Balaban J connectivity index is 1.91. The topological polar surface area (TPSA) is 69.3 Å². The predicted molar refractivity (Wildman–Crippen MR) is 100 cm³/mol. The molecule has 1 saturated carbocycles. The summed E-state index contributed by atoms with van der Waals surface area (Å²) in [4.78, 5) is 4.55. The van der Waals surface area contributed by atoms with Crippen LogP contribution in [0.3, 0.4) is 0 Å². The van der Waals surface area contributed by atoms with Gasteiger partial charge in [0.15, 0.2) is 11.5 Å². The lowest BCUT2D eigenvalue weighted by Crippen LogP contribution is -2.07. The van der Waals surface area contributed by atoms with Crippen LogP contribution in [0, 0.1) is 0 Å². The van der Waals surface area contributed by atoms with Crippen molar-refractivity contribution in [2.24, 2.45) is 0 Å². The second-order valence-electron chi connectivity index (χ2n) is 6.88. The Morgan fingerprint density at radius 1 is 1.04 bits per heavy atom. The molecule has 136 valence electrons. The summed E-state index contributed by atoms with van der Waals surface area (Å²) >= 11 is 0. The maximum Gasteiger partial charge on any atom is 0.221 e. The Morgan fingerprint density at radius 3 is 2.35 bits per heavy atom. The van der Waals surface area contributed by atoms with Gasteiger partial charge in [-0.1, -0.05) is 0 Å². The number of H-pyrrole nitrogens is 1. The van der Waals surface area contributed by atoms with Crippen LogP contribution in [0.4, 0.5) is 0 Å². The van der Waals surface area contributed by atoms with E-state index in [-0.39, 0.29) is 6.10 Å². The lowest BCUT2D eigenvalue weighted by atomic mass is 10.0. The Bertz CT molecular complexity index is 945. The molecule has 0 amide bonds. The third kappa shape index (κ3) is 2.96. The van der Waals surface area contributed by atoms with Gasteiger partial charge in [0.1, 0.15) is 0 Å². The Kier molecular flexibility index (Phi) is 4.18. The SMILES string of the molecule is COc1cc2c(-c3cc(C4CC4)[nH]n3)cnc(OC(C)C)c2cc1OC. The summed E-state index contributed by atoms with van der Waals surface area (Å²) in [5.74, 6) is 2.51. The van der Waals surface area contributed by atoms with Crippen LogP contribution < -0.4 is 14.2 Å². The van der Waals surface area contributed by atoms with Crippen molar-refractivity contribution < 1.29 is 14.2 Å². The minimum Gasteiger partial charge on any atom is -0.493 e. The van der Waals surface area contributed by atoms with Gasteiger partial charge in [-0.25, -0.2) is 4.98 Å². The van der Waals surface area contributed by atoms with Gasteiger partial charge in [0.25, 0.3) is 0 Å². The highest BCUT2D eigenvalue weighted by atomic mass is 16.5. The number of pyridine rings is 1. The van der Waals surface area contributed by atoms with Crippen LogP contribution in [0.5, 0.6) is 17.4 Å². The molecular weight excluding hydrogens is 330 g/mol. The average molecular weight is 353 g/mol. The van der Waals surface area contributed by atoms with E-state index in [0.29, 0.717) is 23.3 Å². The molecule has 0 unspecified atom stereocenters. The summed E-state index contributed by atoms with van der Waals surface area (Å²) in [5.41, 5.74) is 3.02. The molecule has 0 aliphatic heterocycles. The van der Waals surface area contributed by atoms with Gasteiger partial charge >= 0.3 is 0 Å². The van der Waals surface area contributed by atoms with Gasteiger partial charge in [-0.15, -0.1) is 0 Å². The molecule has 0 saturated heterocycles. The molecule has 6 nitrogen and oxygen atoms in total. The molecule has 0 radical (unpaired) electrons. The zero-order chi connectivity index (χ0) is 18.3. The summed E-state index contributed by atoms with van der Waals surface area (Å²) < 4.78 is 16.9. The maximum absolute atomic E-state index is 5.91. The number of benzene rings is 1. The monoisotopic (exact) mass is 353 g/mol. The highest BCUT2D eigenvalue weighted by molar-refractivity contribution is 6.00. The largest absolute Gasteiger partial charge is 0.493 e. The van der Waals surface area contributed by atoms with Gasteiger partial charge in [0.05, 0.1) is 26.0 Å². The highest BCUT2D eigenvalue weighted by Gasteiger charge is 2.26. The van der Waals surface area contributed by atoms with Gasteiger partial charge in [-0.05, 0) is 44.9 Å². The predicted octanol–water partition coefficient (Wildman–Crippen LogP) is 4.31. The number of ether oxygens (including phenoxy) is 3. The van der Waals surface area contributed by atoms with Crippen molar-refractivity contribution >= 4 is 10.8 Å². The van der Waals surface area contributed by atoms with E-state index < -0.39 is 0 Å². The molecule has 26 heavy (non-hydrogen) atoms. The molecule has 2 aromatic heterocycles. The number of hydrogen-bond donors (Lipinski definition) is 1. The molecule has 0 atom stereocenters. The molecule has 1 N–H and O–H groups in total. The van der Waals surface area contributed by atoms with Crippen LogP contribution in [0.1, 0.15) is 38.3 Å². The van der Waals surface area contributed by atoms with Gasteiger partial charge in [0, 0.05) is 34.1 Å². The molecule has 1 fully saturated rings. The van der Waals surface area contributed by atoms with Crippen LogP contribution >= 0.6 is 0 Å². The lowest BCUT2D eigenvalue weighted by Gasteiger charge is -2.15. The molecule has 1 aliphatic rings. The van der Waals surface area contributed by atoms with Crippen molar-refractivity contribution in [3.05, 3.63) is 30.1 Å². The molecular formula is C20H23N3O3. The van der Waals surface area contributed by atoms with Crippen molar-refractivity contribution in [3.63, 3.8) is 0 Å². The normalized spacial score (nSPS) is 14.0. The second kappa shape index (κ2) is 6.52. The molecule has 6 heteroatoms. The summed E-state index contributed by atoms with van der Waals surface area (Å²) in [6.45, 7) is 3.97. The first kappa shape index (κ1) is 16.7. The van der Waals surface area contributed by atoms with E-state index in [1.807, 2.05) is 32.2 Å². The van der Waals surface area contributed by atoms with Crippen molar-refractivity contribution in [2.45, 2.75) is 38.7 Å². The molecule has 0 bridgehead atoms. The summed E-state index contributed by atoms with van der Waals surface area (Å²) in [5, 5.41) is 9.53. The number of aromatic nitrogens is 3. The fourth-order valence-electron chi connectivity index (χ4n) is 3.14. The maximum atomic E-state index is 5.91. The second-order valence-corrected chi connectivity index (χ2v) is 6.88. The minimum atomic E-state index is 0.0245. The third-order valence-corrected chi connectivity index (χ3v) is 4.59. The van der Waals surface area contributed by atoms with Gasteiger partial charge in [-0.2, -0.15) is 5.10 Å². The lowest BCUT2D eigenvalue weighted by molar-refractivity contribution is 0.236. The van der Waals surface area contributed by atoms with E-state index in [1.165, 1.54) is 18.5 Å². The first-order valence-corrected chi connectivity index (χ1v) is 8.87. The third-order valence-electron chi connectivity index (χ3n) is 4.59. The number of nitrogens with zero attached hydrogens (tertiary/aromatic N) is 2. The van der Waals surface area contributed by atoms with Crippen LogP contribution in [-0.2, 0) is 0 Å². The number of methoxy groups -OCH3 is 2. The quantitative estimate of drug-likeness (QED) is 0.715. The van der Waals surface area contributed by atoms with Crippen molar-refractivity contribution in [1.29, 1.82) is 0 Å². The Morgan fingerprint density at radius 2 is 1.73 bits per heavy atom. The van der Waals surface area contributed by atoms with Gasteiger partial charge in [0.2, 0.25) is 5.88 Å². The number of nitrogens with one attached hydrogen (secondary N) is 1. The number of rotatable bonds is 6. The Labute approximate surface area is 152 Å². The Hall–Kier alpha value is -2.76. The van der Waals surface area contributed by atoms with E-state index in [0.717, 1.165) is 22.0 Å². The average Bonchev–Trinajstić information content (AvgIpc) is 3.38. The molecule has 1 aromatic carbocycles. The zero-order valence-electron chi connectivity index (χ0n) is 15.5. The van der Waals surface area contributed by atoms with Crippen LogP contribution in [0.2, 0.25) is 0 Å². The van der Waals surface area contributed by atoms with Crippen molar-refractivity contribution in [1.82, 2.24) is 15.2 Å². The highest BCUT2D eigenvalue weighted by Crippen LogP contribution is 2.42. The number of aromatic amines is 1. The number of hydrogen-bond acceptors (Lipinski definition) is 5. The zero-order valence-corrected chi connectivity index (χ0v) is 15.5. The van der Waals surface area contributed by atoms with Gasteiger partial charge in [-0.3, -0.25) is 5.10 Å². The van der Waals surface area contributed by atoms with Crippen LogP contribution in [-0.4, -0.2) is 35.5 Å². The van der Waals surface area contributed by atoms with E-state index in [9.17, 15) is 0 Å². The van der Waals surface area contributed by atoms with E-state index in [1.54, 1.807) is 14.2 Å².